The van der Waals surface area contributed by atoms with Crippen molar-refractivity contribution in [2.24, 2.45) is 0 Å². The van der Waals surface area contributed by atoms with Crippen LogP contribution < -0.4 is 0 Å². The van der Waals surface area contributed by atoms with Gasteiger partial charge in [0.25, 0.3) is 0 Å². The fourth-order valence-corrected chi connectivity index (χ4v) is 2.48. The van der Waals surface area contributed by atoms with E-state index >= 15 is 0 Å². The number of aromatic nitrogens is 1. The maximum Gasteiger partial charge on any atom is 0.167 e. The monoisotopic (exact) mass is 325 g/mol. The number of pyridine rings is 1. The Morgan fingerprint density at radius 2 is 1.75 bits per heavy atom. The van der Waals surface area contributed by atoms with Crippen molar-refractivity contribution in [2.75, 3.05) is 0 Å². The first kappa shape index (κ1) is 13.0. The number of para-hydroxylation sites is 1. The van der Waals surface area contributed by atoms with E-state index in [-0.39, 0.29) is 5.78 Å². The van der Waals surface area contributed by atoms with E-state index in [1.807, 2.05) is 54.6 Å². The number of rotatable bonds is 3. The van der Waals surface area contributed by atoms with Crippen LogP contribution in [0.5, 0.6) is 0 Å². The van der Waals surface area contributed by atoms with Crippen molar-refractivity contribution in [1.29, 1.82) is 0 Å². The lowest BCUT2D eigenvalue weighted by Crippen LogP contribution is -2.04. The molecule has 1 aromatic heterocycles. The Labute approximate surface area is 125 Å². The van der Waals surface area contributed by atoms with E-state index in [0.717, 1.165) is 26.5 Å². The Kier molecular flexibility index (Phi) is 3.61. The number of ketones is 1. The molecule has 0 bridgehead atoms. The van der Waals surface area contributed by atoms with Gasteiger partial charge in [-0.05, 0) is 29.8 Å². The molecule has 2 aromatic carbocycles. The van der Waals surface area contributed by atoms with Crippen molar-refractivity contribution in [1.82, 2.24) is 4.98 Å². The van der Waals surface area contributed by atoms with Crippen LogP contribution in [0.3, 0.4) is 0 Å². The number of halogens is 1. The second-order valence-electron chi connectivity index (χ2n) is 4.59. The van der Waals surface area contributed by atoms with Gasteiger partial charge in [0, 0.05) is 28.0 Å². The van der Waals surface area contributed by atoms with Crippen molar-refractivity contribution in [2.45, 2.75) is 6.42 Å². The minimum Gasteiger partial charge on any atom is -0.294 e. The number of carbonyl (C=O) groups excluding carboxylic acids is 1. The summed E-state index contributed by atoms with van der Waals surface area (Å²) in [5.41, 5.74) is 2.67. The molecule has 0 amide bonds. The number of Topliss-reactive ketones (excluding diaryl/α,β-unsaturated/α-hetero) is 1. The van der Waals surface area contributed by atoms with E-state index < -0.39 is 0 Å². The summed E-state index contributed by atoms with van der Waals surface area (Å²) in [6.45, 7) is 0. The van der Waals surface area contributed by atoms with Crippen molar-refractivity contribution in [3.05, 3.63) is 76.4 Å². The van der Waals surface area contributed by atoms with Gasteiger partial charge in [0.05, 0.1) is 5.52 Å². The van der Waals surface area contributed by atoms with Crippen LogP contribution in [0, 0.1) is 0 Å². The lowest BCUT2D eigenvalue weighted by atomic mass is 10.0. The first-order valence-corrected chi connectivity index (χ1v) is 7.15. The maximum absolute atomic E-state index is 12.3. The molecule has 0 saturated heterocycles. The first-order valence-electron chi connectivity index (χ1n) is 6.35. The summed E-state index contributed by atoms with van der Waals surface area (Å²) < 4.78 is 0.975. The van der Waals surface area contributed by atoms with Gasteiger partial charge >= 0.3 is 0 Å². The third-order valence-electron chi connectivity index (χ3n) is 3.26. The van der Waals surface area contributed by atoms with Gasteiger partial charge in [-0.3, -0.25) is 9.78 Å². The largest absolute Gasteiger partial charge is 0.294 e. The fraction of sp³-hybridized carbons (Fsp3) is 0.0588. The predicted molar refractivity (Wildman–Crippen MR) is 83.9 cm³/mol. The average Bonchev–Trinajstić information content (AvgIpc) is 2.48. The molecule has 0 aliphatic carbocycles. The molecular weight excluding hydrogens is 314 g/mol. The van der Waals surface area contributed by atoms with Gasteiger partial charge in [-0.1, -0.05) is 46.3 Å². The second-order valence-corrected chi connectivity index (χ2v) is 5.51. The quantitative estimate of drug-likeness (QED) is 0.667. The highest BCUT2D eigenvalue weighted by Gasteiger charge is 2.09. The van der Waals surface area contributed by atoms with Crippen LogP contribution in [0.1, 0.15) is 15.9 Å². The minimum atomic E-state index is 0.119. The zero-order valence-corrected chi connectivity index (χ0v) is 12.3. The van der Waals surface area contributed by atoms with Crippen molar-refractivity contribution in [3.63, 3.8) is 0 Å². The Balaban J connectivity index is 1.93. The van der Waals surface area contributed by atoms with Crippen LogP contribution in [0.2, 0.25) is 0 Å². The summed E-state index contributed by atoms with van der Waals surface area (Å²) >= 11 is 3.37. The molecule has 0 spiro atoms. The molecule has 1 heterocycles. The first-order chi connectivity index (χ1) is 9.74. The van der Waals surface area contributed by atoms with E-state index in [9.17, 15) is 4.79 Å². The summed E-state index contributed by atoms with van der Waals surface area (Å²) in [6, 6.07) is 17.3. The lowest BCUT2D eigenvalue weighted by molar-refractivity contribution is 0.0993. The number of fused-ring (bicyclic) bond motifs is 1. The Morgan fingerprint density at radius 1 is 1.00 bits per heavy atom. The lowest BCUT2D eigenvalue weighted by Gasteiger charge is -2.05. The predicted octanol–water partition coefficient (Wildman–Crippen LogP) is 4.42. The summed E-state index contributed by atoms with van der Waals surface area (Å²) in [4.78, 5) is 16.6. The molecule has 0 atom stereocenters. The van der Waals surface area contributed by atoms with Crippen LogP contribution in [0.4, 0.5) is 0 Å². The van der Waals surface area contributed by atoms with Gasteiger partial charge in [0.15, 0.2) is 5.78 Å². The van der Waals surface area contributed by atoms with E-state index in [1.165, 1.54) is 0 Å². The topological polar surface area (TPSA) is 30.0 Å². The third-order valence-corrected chi connectivity index (χ3v) is 3.79. The number of carbonyl (C=O) groups is 1. The zero-order chi connectivity index (χ0) is 13.9. The Hall–Kier alpha value is -2.00. The molecule has 0 saturated carbocycles. The van der Waals surface area contributed by atoms with Crippen LogP contribution in [0.25, 0.3) is 10.9 Å². The molecule has 0 aliphatic rings. The molecule has 2 nitrogen and oxygen atoms in total. The van der Waals surface area contributed by atoms with Gasteiger partial charge in [0.1, 0.15) is 0 Å². The average molecular weight is 326 g/mol. The number of hydrogen-bond donors (Lipinski definition) is 0. The Bertz CT molecular complexity index is 760. The smallest absolute Gasteiger partial charge is 0.167 e. The molecule has 0 radical (unpaired) electrons. The summed E-state index contributed by atoms with van der Waals surface area (Å²) in [5.74, 6) is 0.119. The molecule has 0 unspecified atom stereocenters. The molecule has 0 N–H and O–H groups in total. The highest BCUT2D eigenvalue weighted by atomic mass is 79.9. The minimum absolute atomic E-state index is 0.119. The van der Waals surface area contributed by atoms with Crippen LogP contribution >= 0.6 is 15.9 Å². The van der Waals surface area contributed by atoms with E-state index in [2.05, 4.69) is 20.9 Å². The van der Waals surface area contributed by atoms with Gasteiger partial charge in [-0.15, -0.1) is 0 Å². The van der Waals surface area contributed by atoms with Crippen molar-refractivity contribution < 1.29 is 4.79 Å². The zero-order valence-electron chi connectivity index (χ0n) is 10.7. The fourth-order valence-electron chi connectivity index (χ4n) is 2.22. The van der Waals surface area contributed by atoms with E-state index in [0.29, 0.717) is 6.42 Å². The molecule has 3 aromatic rings. The standard InChI is InChI=1S/C17H12BrNO/c18-14-7-5-12(6-8-14)17(20)11-13-9-10-19-16-4-2-1-3-15(13)16/h1-10H,11H2. The molecule has 0 fully saturated rings. The second kappa shape index (κ2) is 5.55. The molecular formula is C17H12BrNO. The molecule has 3 rings (SSSR count). The van der Waals surface area contributed by atoms with Gasteiger partial charge < -0.3 is 0 Å². The highest BCUT2D eigenvalue weighted by molar-refractivity contribution is 9.10. The van der Waals surface area contributed by atoms with Crippen molar-refractivity contribution in [3.8, 4) is 0 Å². The third kappa shape index (κ3) is 2.63. The molecule has 98 valence electrons. The van der Waals surface area contributed by atoms with Crippen LogP contribution in [-0.2, 0) is 6.42 Å². The van der Waals surface area contributed by atoms with E-state index in [4.69, 9.17) is 0 Å². The number of hydrogen-bond acceptors (Lipinski definition) is 2. The summed E-state index contributed by atoms with van der Waals surface area (Å²) in [7, 11) is 0. The number of nitrogens with zero attached hydrogens (tertiary/aromatic N) is 1. The number of benzene rings is 2. The van der Waals surface area contributed by atoms with Crippen molar-refractivity contribution >= 4 is 32.6 Å². The normalized spacial score (nSPS) is 10.7. The van der Waals surface area contributed by atoms with Gasteiger partial charge in [0.2, 0.25) is 0 Å². The molecule has 20 heavy (non-hydrogen) atoms. The molecule has 3 heteroatoms. The van der Waals surface area contributed by atoms with E-state index in [1.54, 1.807) is 6.20 Å². The highest BCUT2D eigenvalue weighted by Crippen LogP contribution is 2.19. The van der Waals surface area contributed by atoms with Gasteiger partial charge in [-0.2, -0.15) is 0 Å². The summed E-state index contributed by atoms with van der Waals surface area (Å²) in [5, 5.41) is 1.04. The summed E-state index contributed by atoms with van der Waals surface area (Å²) in [6.07, 6.45) is 2.15. The SMILES string of the molecule is O=C(Cc1ccnc2ccccc12)c1ccc(Br)cc1. The van der Waals surface area contributed by atoms with Crippen LogP contribution in [-0.4, -0.2) is 10.8 Å². The molecule has 0 aliphatic heterocycles. The Morgan fingerprint density at radius 3 is 2.55 bits per heavy atom. The van der Waals surface area contributed by atoms with Gasteiger partial charge in [-0.25, -0.2) is 0 Å². The maximum atomic E-state index is 12.3. The van der Waals surface area contributed by atoms with Crippen LogP contribution in [0.15, 0.2) is 65.3 Å².